The van der Waals surface area contributed by atoms with Crippen LogP contribution in [0.15, 0.2) is 78.2 Å². The van der Waals surface area contributed by atoms with Crippen LogP contribution in [0.5, 0.6) is 0 Å². The van der Waals surface area contributed by atoms with Gasteiger partial charge in [0, 0.05) is 44.9 Å². The third-order valence-electron chi connectivity index (χ3n) is 5.94. The summed E-state index contributed by atoms with van der Waals surface area (Å²) in [6.45, 7) is 6.07. The van der Waals surface area contributed by atoms with E-state index in [1.807, 2.05) is 38.1 Å². The summed E-state index contributed by atoms with van der Waals surface area (Å²) >= 11 is 7.73. The van der Waals surface area contributed by atoms with Crippen molar-refractivity contribution in [1.82, 2.24) is 15.0 Å². The molecule has 0 spiro atoms. The molecule has 0 saturated carbocycles. The molecule has 0 bridgehead atoms. The second-order valence-corrected chi connectivity index (χ2v) is 9.84. The van der Waals surface area contributed by atoms with Crippen LogP contribution in [0.1, 0.15) is 28.2 Å². The number of thiazole rings is 1. The van der Waals surface area contributed by atoms with Gasteiger partial charge in [-0.25, -0.2) is 15.0 Å². The van der Waals surface area contributed by atoms with E-state index in [1.54, 1.807) is 11.3 Å². The minimum Gasteiger partial charge on any atom is -0.340 e. The number of hydrogen-bond acceptors (Lipinski definition) is 5. The smallest absolute Gasteiger partial charge is 0.137 e. The number of hydrogen-bond donors (Lipinski definition) is 1. The maximum Gasteiger partial charge on any atom is 0.137 e. The van der Waals surface area contributed by atoms with Crippen molar-refractivity contribution in [1.29, 1.82) is 0 Å². The fourth-order valence-corrected chi connectivity index (χ4v) is 5.11. The standard InChI is InChI=1S/C29H25ClN4S/c1-18-6-4-5-7-25(18)29-34-27(17-35-29)22-10-14-24(15-11-22)33-28-26(19(2)31-20(3)32-28)16-21-8-12-23(30)13-9-21/h4-15,17H,16H2,1-3H3,(H,31,32,33). The largest absolute Gasteiger partial charge is 0.340 e. The molecule has 35 heavy (non-hydrogen) atoms. The van der Waals surface area contributed by atoms with Crippen LogP contribution in [0.3, 0.4) is 0 Å². The maximum atomic E-state index is 6.06. The predicted molar refractivity (Wildman–Crippen MR) is 147 cm³/mol. The minimum atomic E-state index is 0.726. The van der Waals surface area contributed by atoms with Gasteiger partial charge in [-0.15, -0.1) is 11.3 Å². The van der Waals surface area contributed by atoms with E-state index < -0.39 is 0 Å². The third kappa shape index (κ3) is 5.26. The lowest BCUT2D eigenvalue weighted by Gasteiger charge is -2.15. The first-order valence-electron chi connectivity index (χ1n) is 11.4. The predicted octanol–water partition coefficient (Wildman–Crippen LogP) is 8.18. The lowest BCUT2D eigenvalue weighted by molar-refractivity contribution is 0.965. The van der Waals surface area contributed by atoms with E-state index in [1.165, 1.54) is 11.1 Å². The highest BCUT2D eigenvalue weighted by atomic mass is 35.5. The van der Waals surface area contributed by atoms with Crippen molar-refractivity contribution < 1.29 is 0 Å². The molecule has 5 aromatic rings. The van der Waals surface area contributed by atoms with Crippen molar-refractivity contribution in [2.45, 2.75) is 27.2 Å². The van der Waals surface area contributed by atoms with Gasteiger partial charge in [-0.1, -0.05) is 60.1 Å². The summed E-state index contributed by atoms with van der Waals surface area (Å²) in [4.78, 5) is 14.2. The first-order valence-corrected chi connectivity index (χ1v) is 12.7. The normalized spacial score (nSPS) is 11.0. The van der Waals surface area contributed by atoms with Crippen molar-refractivity contribution in [2.24, 2.45) is 0 Å². The number of halogens is 1. The number of aromatic nitrogens is 3. The molecule has 0 atom stereocenters. The molecule has 174 valence electrons. The zero-order valence-corrected chi connectivity index (χ0v) is 21.4. The van der Waals surface area contributed by atoms with Gasteiger partial charge in [0.2, 0.25) is 0 Å². The fraction of sp³-hybridized carbons (Fsp3) is 0.138. The Labute approximate surface area is 214 Å². The second-order valence-electron chi connectivity index (χ2n) is 8.54. The van der Waals surface area contributed by atoms with Crippen LogP contribution in [-0.2, 0) is 6.42 Å². The van der Waals surface area contributed by atoms with Crippen LogP contribution in [-0.4, -0.2) is 15.0 Å². The van der Waals surface area contributed by atoms with Crippen LogP contribution in [0.2, 0.25) is 5.02 Å². The Bertz CT molecular complexity index is 1470. The SMILES string of the molecule is Cc1nc(C)c(Cc2ccc(Cl)cc2)c(Nc2ccc(-c3csc(-c4ccccc4C)n3)cc2)n1. The number of rotatable bonds is 6. The van der Waals surface area contributed by atoms with Crippen LogP contribution in [0, 0.1) is 20.8 Å². The number of aryl methyl sites for hydroxylation is 3. The van der Waals surface area contributed by atoms with Gasteiger partial charge in [0.1, 0.15) is 16.6 Å². The van der Waals surface area contributed by atoms with Gasteiger partial charge in [-0.2, -0.15) is 0 Å². The molecule has 0 aliphatic carbocycles. The molecular weight excluding hydrogens is 472 g/mol. The molecule has 0 unspecified atom stereocenters. The highest BCUT2D eigenvalue weighted by molar-refractivity contribution is 7.13. The van der Waals surface area contributed by atoms with Crippen LogP contribution in [0.25, 0.3) is 21.8 Å². The van der Waals surface area contributed by atoms with E-state index >= 15 is 0 Å². The van der Waals surface area contributed by atoms with Gasteiger partial charge < -0.3 is 5.32 Å². The molecular formula is C29H25ClN4S. The summed E-state index contributed by atoms with van der Waals surface area (Å²) < 4.78 is 0. The van der Waals surface area contributed by atoms with Crippen molar-refractivity contribution in [3.05, 3.63) is 111 Å². The fourth-order valence-electron chi connectivity index (χ4n) is 4.06. The Morgan fingerprint density at radius 3 is 2.31 bits per heavy atom. The van der Waals surface area contributed by atoms with E-state index in [2.05, 4.69) is 71.1 Å². The molecule has 4 nitrogen and oxygen atoms in total. The lowest BCUT2D eigenvalue weighted by atomic mass is 10.0. The molecule has 1 N–H and O–H groups in total. The Balaban J connectivity index is 1.38. The van der Waals surface area contributed by atoms with Gasteiger partial charge in [-0.3, -0.25) is 0 Å². The zero-order valence-electron chi connectivity index (χ0n) is 19.8. The molecule has 3 aromatic carbocycles. The lowest BCUT2D eigenvalue weighted by Crippen LogP contribution is -2.06. The van der Waals surface area contributed by atoms with E-state index in [9.17, 15) is 0 Å². The highest BCUT2D eigenvalue weighted by Gasteiger charge is 2.13. The van der Waals surface area contributed by atoms with Crippen molar-refractivity contribution in [3.63, 3.8) is 0 Å². The van der Waals surface area contributed by atoms with Crippen LogP contribution in [0.4, 0.5) is 11.5 Å². The molecule has 0 fully saturated rings. The van der Waals surface area contributed by atoms with Crippen LogP contribution >= 0.6 is 22.9 Å². The summed E-state index contributed by atoms with van der Waals surface area (Å²) in [5, 5.41) is 7.40. The molecule has 0 amide bonds. The zero-order chi connectivity index (χ0) is 24.4. The third-order valence-corrected chi connectivity index (χ3v) is 7.07. The first-order chi connectivity index (χ1) is 17.0. The summed E-state index contributed by atoms with van der Waals surface area (Å²) in [6.07, 6.45) is 0.726. The Kier molecular flexibility index (Phi) is 6.62. The van der Waals surface area contributed by atoms with E-state index in [-0.39, 0.29) is 0 Å². The minimum absolute atomic E-state index is 0.726. The van der Waals surface area contributed by atoms with Crippen molar-refractivity contribution in [2.75, 3.05) is 5.32 Å². The van der Waals surface area contributed by atoms with Gasteiger partial charge >= 0.3 is 0 Å². The average Bonchev–Trinajstić information content (AvgIpc) is 3.33. The molecule has 0 saturated heterocycles. The van der Waals surface area contributed by atoms with Gasteiger partial charge in [0.15, 0.2) is 0 Å². The maximum absolute atomic E-state index is 6.06. The summed E-state index contributed by atoms with van der Waals surface area (Å²) in [7, 11) is 0. The van der Waals surface area contributed by atoms with Crippen molar-refractivity contribution >= 4 is 34.4 Å². The molecule has 0 radical (unpaired) electrons. The van der Waals surface area contributed by atoms with Crippen LogP contribution < -0.4 is 5.32 Å². The highest BCUT2D eigenvalue weighted by Crippen LogP contribution is 2.32. The number of benzene rings is 3. The Hall–Kier alpha value is -3.54. The molecule has 2 aromatic heterocycles. The van der Waals surface area contributed by atoms with Crippen molar-refractivity contribution in [3.8, 4) is 21.8 Å². The van der Waals surface area contributed by atoms with E-state index in [0.29, 0.717) is 0 Å². The van der Waals surface area contributed by atoms with Gasteiger partial charge in [0.25, 0.3) is 0 Å². The molecule has 0 aliphatic heterocycles. The first kappa shape index (κ1) is 23.2. The van der Waals surface area contributed by atoms with Gasteiger partial charge in [-0.05, 0) is 56.2 Å². The Morgan fingerprint density at radius 2 is 1.57 bits per heavy atom. The molecule has 5 rings (SSSR count). The Morgan fingerprint density at radius 1 is 0.829 bits per heavy atom. The monoisotopic (exact) mass is 496 g/mol. The summed E-state index contributed by atoms with van der Waals surface area (Å²) in [5.41, 5.74) is 8.67. The average molecular weight is 497 g/mol. The van der Waals surface area contributed by atoms with Gasteiger partial charge in [0.05, 0.1) is 5.69 Å². The second kappa shape index (κ2) is 9.98. The quantitative estimate of drug-likeness (QED) is 0.257. The number of anilines is 2. The molecule has 0 aliphatic rings. The molecule has 6 heteroatoms. The summed E-state index contributed by atoms with van der Waals surface area (Å²) in [6, 6.07) is 24.6. The van der Waals surface area contributed by atoms with E-state index in [4.69, 9.17) is 21.6 Å². The topological polar surface area (TPSA) is 50.7 Å². The molecule has 2 heterocycles. The number of nitrogens with one attached hydrogen (secondary N) is 1. The summed E-state index contributed by atoms with van der Waals surface area (Å²) in [5.74, 6) is 1.57. The number of nitrogens with zero attached hydrogens (tertiary/aromatic N) is 3. The van der Waals surface area contributed by atoms with E-state index in [0.717, 1.165) is 61.9 Å².